The van der Waals surface area contributed by atoms with Gasteiger partial charge in [-0.25, -0.2) is 0 Å². The molecule has 0 amide bonds. The van der Waals surface area contributed by atoms with Crippen molar-refractivity contribution in [2.24, 2.45) is 11.8 Å². The van der Waals surface area contributed by atoms with Crippen LogP contribution in [0.25, 0.3) is 0 Å². The third-order valence-electron chi connectivity index (χ3n) is 5.28. The summed E-state index contributed by atoms with van der Waals surface area (Å²) in [4.78, 5) is 10.5. The molecule has 5 heteroatoms. The first kappa shape index (κ1) is 23.4. The predicted octanol–water partition coefficient (Wildman–Crippen LogP) is 3.05. The van der Waals surface area contributed by atoms with E-state index in [0.29, 0.717) is 38.5 Å². The molecule has 0 aromatic heterocycles. The van der Waals surface area contributed by atoms with E-state index in [1.54, 1.807) is 0 Å². The highest BCUT2D eigenvalue weighted by Gasteiger charge is 2.39. The second-order valence-electron chi connectivity index (χ2n) is 7.52. The number of carboxylic acids is 1. The van der Waals surface area contributed by atoms with Crippen molar-refractivity contribution in [2.45, 2.75) is 82.5 Å². The number of aliphatic hydroxyl groups excluding tert-OH is 2. The molecule has 1 unspecified atom stereocenters. The highest BCUT2D eigenvalue weighted by Crippen LogP contribution is 2.36. The van der Waals surface area contributed by atoms with Crippen molar-refractivity contribution in [1.29, 1.82) is 0 Å². The van der Waals surface area contributed by atoms with E-state index in [9.17, 15) is 20.1 Å². The van der Waals surface area contributed by atoms with Gasteiger partial charge >= 0.3 is 5.97 Å². The highest BCUT2D eigenvalue weighted by atomic mass is 16.4. The fourth-order valence-corrected chi connectivity index (χ4v) is 3.57. The quantitative estimate of drug-likeness (QED) is 0.238. The maximum absolute atomic E-state index is 10.5. The molecule has 0 radical (unpaired) electrons. The van der Waals surface area contributed by atoms with E-state index in [1.165, 1.54) is 0 Å². The van der Waals surface area contributed by atoms with Crippen molar-refractivity contribution in [1.82, 2.24) is 0 Å². The number of hydrogen-bond acceptors (Lipinski definition) is 4. The van der Waals surface area contributed by atoms with Gasteiger partial charge in [-0.2, -0.15) is 0 Å². The number of allylic oxidation sites excluding steroid dienone is 2. The number of terminal acetylenes is 1. The number of rotatable bonds is 12. The average molecular weight is 379 g/mol. The van der Waals surface area contributed by atoms with Crippen LogP contribution in [0, 0.1) is 24.2 Å². The van der Waals surface area contributed by atoms with Gasteiger partial charge in [0.25, 0.3) is 0 Å². The number of carbonyl (C=O) groups is 1. The maximum atomic E-state index is 10.5. The van der Waals surface area contributed by atoms with Crippen LogP contribution in [0.2, 0.25) is 0 Å². The van der Waals surface area contributed by atoms with Crippen LogP contribution >= 0.6 is 0 Å². The standard InChI is InChI=1S/C22H34O5/c1-3-5-14-22(27,4-2)15-10-12-18-17(19(23)16-20(18)24)11-8-6-7-9-13-21(25)26/h2,6,8,10,12,17-20,23-24,27H,3,5,7,9,11,13-16H2,1H3,(H,25,26)/b8-6-,12-10+/t17-,18-,19-,20-,22?/m1/s1. The Morgan fingerprint density at radius 1 is 1.22 bits per heavy atom. The molecule has 27 heavy (non-hydrogen) atoms. The molecule has 1 fully saturated rings. The predicted molar refractivity (Wildman–Crippen MR) is 106 cm³/mol. The molecule has 4 N–H and O–H groups in total. The van der Waals surface area contributed by atoms with Gasteiger partial charge in [0.1, 0.15) is 5.60 Å². The number of unbranched alkanes of at least 4 members (excludes halogenated alkanes) is 2. The Bertz CT molecular complexity index is 547. The first-order chi connectivity index (χ1) is 12.8. The summed E-state index contributed by atoms with van der Waals surface area (Å²) >= 11 is 0. The Morgan fingerprint density at radius 3 is 2.59 bits per heavy atom. The summed E-state index contributed by atoms with van der Waals surface area (Å²) < 4.78 is 0. The van der Waals surface area contributed by atoms with E-state index < -0.39 is 23.8 Å². The second kappa shape index (κ2) is 12.0. The van der Waals surface area contributed by atoms with Crippen molar-refractivity contribution in [3.63, 3.8) is 0 Å². The fraction of sp³-hybridized carbons (Fsp3) is 0.682. The minimum Gasteiger partial charge on any atom is -0.481 e. The molecule has 0 aromatic rings. The van der Waals surface area contributed by atoms with Crippen LogP contribution in [-0.2, 0) is 4.79 Å². The third kappa shape index (κ3) is 8.30. The summed E-state index contributed by atoms with van der Waals surface area (Å²) in [5.74, 6) is 1.39. The summed E-state index contributed by atoms with van der Waals surface area (Å²) in [6, 6.07) is 0. The number of aliphatic hydroxyl groups is 3. The number of hydrogen-bond donors (Lipinski definition) is 4. The Labute approximate surface area is 162 Å². The summed E-state index contributed by atoms with van der Waals surface area (Å²) in [6.07, 6.45) is 16.9. The maximum Gasteiger partial charge on any atom is 0.303 e. The van der Waals surface area contributed by atoms with Crippen molar-refractivity contribution in [3.05, 3.63) is 24.3 Å². The first-order valence-electron chi connectivity index (χ1n) is 9.92. The van der Waals surface area contributed by atoms with Crippen molar-refractivity contribution in [3.8, 4) is 12.3 Å². The minimum absolute atomic E-state index is 0.0958. The van der Waals surface area contributed by atoms with E-state index in [4.69, 9.17) is 11.5 Å². The molecular weight excluding hydrogens is 344 g/mol. The Morgan fingerprint density at radius 2 is 1.96 bits per heavy atom. The van der Waals surface area contributed by atoms with Crippen LogP contribution in [0.5, 0.6) is 0 Å². The molecule has 1 saturated carbocycles. The number of carboxylic acid groups (broad SMARTS) is 1. The van der Waals surface area contributed by atoms with Gasteiger partial charge in [0, 0.05) is 25.2 Å². The Hall–Kier alpha value is -1.61. The van der Waals surface area contributed by atoms with Crippen LogP contribution in [0.15, 0.2) is 24.3 Å². The monoisotopic (exact) mass is 378 g/mol. The molecule has 0 aromatic carbocycles. The fourth-order valence-electron chi connectivity index (χ4n) is 3.57. The van der Waals surface area contributed by atoms with Gasteiger partial charge in [0.15, 0.2) is 0 Å². The lowest BCUT2D eigenvalue weighted by Gasteiger charge is -2.22. The molecule has 0 bridgehead atoms. The van der Waals surface area contributed by atoms with E-state index in [0.717, 1.165) is 12.8 Å². The van der Waals surface area contributed by atoms with Crippen molar-refractivity contribution in [2.75, 3.05) is 0 Å². The van der Waals surface area contributed by atoms with Gasteiger partial charge < -0.3 is 20.4 Å². The van der Waals surface area contributed by atoms with Crippen molar-refractivity contribution >= 4 is 5.97 Å². The largest absolute Gasteiger partial charge is 0.481 e. The molecule has 0 saturated heterocycles. The van der Waals surface area contributed by atoms with E-state index in [2.05, 4.69) is 5.92 Å². The molecule has 152 valence electrons. The zero-order valence-corrected chi connectivity index (χ0v) is 16.3. The van der Waals surface area contributed by atoms with E-state index >= 15 is 0 Å². The molecule has 0 spiro atoms. The van der Waals surface area contributed by atoms with Gasteiger partial charge in [-0.15, -0.1) is 6.42 Å². The van der Waals surface area contributed by atoms with Crippen LogP contribution < -0.4 is 0 Å². The van der Waals surface area contributed by atoms with Crippen LogP contribution in [0.3, 0.4) is 0 Å². The number of aliphatic carboxylic acids is 1. The molecule has 1 aliphatic carbocycles. The smallest absolute Gasteiger partial charge is 0.303 e. The molecule has 0 heterocycles. The third-order valence-corrected chi connectivity index (χ3v) is 5.28. The minimum atomic E-state index is -1.16. The molecule has 5 nitrogen and oxygen atoms in total. The Balaban J connectivity index is 2.58. The molecule has 1 aliphatic rings. The topological polar surface area (TPSA) is 98.0 Å². The van der Waals surface area contributed by atoms with Gasteiger partial charge in [-0.05, 0) is 38.0 Å². The second-order valence-corrected chi connectivity index (χ2v) is 7.52. The SMILES string of the molecule is C#CC(O)(C/C=C/[C@@H]1[C@@H](C/C=C\CCCC(=O)O)[C@H](O)C[C@H]1O)CCCC. The van der Waals surface area contributed by atoms with Crippen molar-refractivity contribution < 1.29 is 25.2 Å². The van der Waals surface area contributed by atoms with Crippen LogP contribution in [0.4, 0.5) is 0 Å². The van der Waals surface area contributed by atoms with Crippen LogP contribution in [0.1, 0.15) is 64.7 Å². The summed E-state index contributed by atoms with van der Waals surface area (Å²) in [5.41, 5.74) is -1.16. The first-order valence-corrected chi connectivity index (χ1v) is 9.92. The molecule has 5 atom stereocenters. The average Bonchev–Trinajstić information content (AvgIpc) is 2.89. The molecule has 1 rings (SSSR count). The van der Waals surface area contributed by atoms with E-state index in [-0.39, 0.29) is 18.3 Å². The van der Waals surface area contributed by atoms with Gasteiger partial charge in [0.2, 0.25) is 0 Å². The molecule has 0 aliphatic heterocycles. The van der Waals surface area contributed by atoms with Crippen LogP contribution in [-0.4, -0.2) is 44.2 Å². The summed E-state index contributed by atoms with van der Waals surface area (Å²) in [5, 5.41) is 39.5. The Kier molecular flexibility index (Phi) is 10.4. The van der Waals surface area contributed by atoms with E-state index in [1.807, 2.05) is 31.2 Å². The summed E-state index contributed by atoms with van der Waals surface area (Å²) in [6.45, 7) is 2.04. The van der Waals surface area contributed by atoms with Gasteiger partial charge in [-0.3, -0.25) is 4.79 Å². The normalized spacial score (nSPS) is 27.8. The zero-order chi connectivity index (χ0) is 20.3. The summed E-state index contributed by atoms with van der Waals surface area (Å²) in [7, 11) is 0. The lowest BCUT2D eigenvalue weighted by Crippen LogP contribution is -2.25. The van der Waals surface area contributed by atoms with Gasteiger partial charge in [0.05, 0.1) is 12.2 Å². The van der Waals surface area contributed by atoms with Gasteiger partial charge in [-0.1, -0.05) is 43.6 Å². The highest BCUT2D eigenvalue weighted by molar-refractivity contribution is 5.66. The lowest BCUT2D eigenvalue weighted by atomic mass is 9.88. The zero-order valence-electron chi connectivity index (χ0n) is 16.3. The lowest BCUT2D eigenvalue weighted by molar-refractivity contribution is -0.137. The molecular formula is C22H34O5.